The third-order valence-electron chi connectivity index (χ3n) is 3.20. The SMILES string of the molecule is CCCCCNCC(CO)c1ccccc1C. The summed E-state index contributed by atoms with van der Waals surface area (Å²) in [6, 6.07) is 8.31. The van der Waals surface area contributed by atoms with E-state index in [1.165, 1.54) is 30.4 Å². The van der Waals surface area contributed by atoms with Crippen molar-refractivity contribution in [2.45, 2.75) is 39.0 Å². The minimum atomic E-state index is 0.214. The molecule has 0 fully saturated rings. The van der Waals surface area contributed by atoms with Gasteiger partial charge >= 0.3 is 0 Å². The van der Waals surface area contributed by atoms with E-state index >= 15 is 0 Å². The van der Waals surface area contributed by atoms with Crippen molar-refractivity contribution in [1.29, 1.82) is 0 Å². The van der Waals surface area contributed by atoms with Gasteiger partial charge in [-0.3, -0.25) is 0 Å². The van der Waals surface area contributed by atoms with Crippen molar-refractivity contribution in [3.8, 4) is 0 Å². The van der Waals surface area contributed by atoms with E-state index in [0.29, 0.717) is 0 Å². The maximum atomic E-state index is 9.47. The molecule has 1 aromatic carbocycles. The predicted molar refractivity (Wildman–Crippen MR) is 73.4 cm³/mol. The Morgan fingerprint density at radius 1 is 1.24 bits per heavy atom. The first-order valence-electron chi connectivity index (χ1n) is 6.66. The second-order valence-corrected chi connectivity index (χ2v) is 4.65. The van der Waals surface area contributed by atoms with Crippen molar-refractivity contribution >= 4 is 0 Å². The molecular weight excluding hydrogens is 210 g/mol. The highest BCUT2D eigenvalue weighted by Gasteiger charge is 2.11. The number of aliphatic hydroxyl groups is 1. The van der Waals surface area contributed by atoms with Crippen LogP contribution in [0.4, 0.5) is 0 Å². The molecule has 2 N–H and O–H groups in total. The summed E-state index contributed by atoms with van der Waals surface area (Å²) in [5, 5.41) is 12.9. The van der Waals surface area contributed by atoms with Crippen LogP contribution in [0.15, 0.2) is 24.3 Å². The molecule has 0 saturated heterocycles. The van der Waals surface area contributed by atoms with Gasteiger partial charge in [0.05, 0.1) is 6.61 Å². The number of aryl methyl sites for hydroxylation is 1. The van der Waals surface area contributed by atoms with Crippen LogP contribution in [0.1, 0.15) is 43.2 Å². The van der Waals surface area contributed by atoms with E-state index in [1.807, 2.05) is 12.1 Å². The summed E-state index contributed by atoms with van der Waals surface area (Å²) in [6.07, 6.45) is 3.76. The van der Waals surface area contributed by atoms with Crippen LogP contribution in [0.5, 0.6) is 0 Å². The molecule has 0 aliphatic carbocycles. The maximum Gasteiger partial charge on any atom is 0.0512 e. The maximum absolute atomic E-state index is 9.47. The van der Waals surface area contributed by atoms with Gasteiger partial charge in [0, 0.05) is 12.5 Å². The van der Waals surface area contributed by atoms with Crippen molar-refractivity contribution in [2.75, 3.05) is 19.7 Å². The summed E-state index contributed by atoms with van der Waals surface area (Å²) in [5.41, 5.74) is 2.53. The highest BCUT2D eigenvalue weighted by atomic mass is 16.3. The number of unbranched alkanes of at least 4 members (excludes halogenated alkanes) is 2. The lowest BCUT2D eigenvalue weighted by atomic mass is 9.95. The van der Waals surface area contributed by atoms with Gasteiger partial charge in [-0.1, -0.05) is 44.0 Å². The summed E-state index contributed by atoms with van der Waals surface area (Å²) in [5.74, 6) is 0.220. The third-order valence-corrected chi connectivity index (χ3v) is 3.20. The molecule has 0 radical (unpaired) electrons. The van der Waals surface area contributed by atoms with Gasteiger partial charge in [0.15, 0.2) is 0 Å². The first-order valence-corrected chi connectivity index (χ1v) is 6.66. The van der Waals surface area contributed by atoms with E-state index in [1.54, 1.807) is 0 Å². The van der Waals surface area contributed by atoms with Crippen LogP contribution >= 0.6 is 0 Å². The van der Waals surface area contributed by atoms with Crippen LogP contribution in [0.2, 0.25) is 0 Å². The number of hydrogen-bond acceptors (Lipinski definition) is 2. The van der Waals surface area contributed by atoms with E-state index in [2.05, 4.69) is 31.3 Å². The molecule has 2 heteroatoms. The van der Waals surface area contributed by atoms with Gasteiger partial charge in [0.2, 0.25) is 0 Å². The third kappa shape index (κ3) is 4.88. The lowest BCUT2D eigenvalue weighted by Gasteiger charge is -2.17. The number of rotatable bonds is 8. The summed E-state index contributed by atoms with van der Waals surface area (Å²) >= 11 is 0. The van der Waals surface area contributed by atoms with Gasteiger partial charge in [-0.05, 0) is 31.0 Å². The quantitative estimate of drug-likeness (QED) is 0.679. The average molecular weight is 235 g/mol. The summed E-state index contributed by atoms with van der Waals surface area (Å²) < 4.78 is 0. The molecule has 96 valence electrons. The zero-order chi connectivity index (χ0) is 12.5. The fourth-order valence-corrected chi connectivity index (χ4v) is 2.09. The molecule has 0 bridgehead atoms. The lowest BCUT2D eigenvalue weighted by molar-refractivity contribution is 0.261. The van der Waals surface area contributed by atoms with Gasteiger partial charge in [0.1, 0.15) is 0 Å². The van der Waals surface area contributed by atoms with Crippen molar-refractivity contribution in [3.63, 3.8) is 0 Å². The summed E-state index contributed by atoms with van der Waals surface area (Å²) in [7, 11) is 0. The molecule has 0 aliphatic rings. The van der Waals surface area contributed by atoms with Crippen LogP contribution in [-0.2, 0) is 0 Å². The van der Waals surface area contributed by atoms with Gasteiger partial charge in [-0.25, -0.2) is 0 Å². The Labute approximate surface area is 105 Å². The number of aliphatic hydroxyl groups excluding tert-OH is 1. The Morgan fingerprint density at radius 3 is 2.65 bits per heavy atom. The normalized spacial score (nSPS) is 12.6. The highest BCUT2D eigenvalue weighted by Crippen LogP contribution is 2.18. The van der Waals surface area contributed by atoms with E-state index < -0.39 is 0 Å². The van der Waals surface area contributed by atoms with E-state index in [-0.39, 0.29) is 12.5 Å². The number of hydrogen-bond donors (Lipinski definition) is 2. The van der Waals surface area contributed by atoms with Crippen LogP contribution in [-0.4, -0.2) is 24.8 Å². The van der Waals surface area contributed by atoms with Gasteiger partial charge < -0.3 is 10.4 Å². The zero-order valence-electron chi connectivity index (χ0n) is 11.1. The highest BCUT2D eigenvalue weighted by molar-refractivity contribution is 5.29. The Bertz CT molecular complexity index is 312. The molecule has 2 nitrogen and oxygen atoms in total. The van der Waals surface area contributed by atoms with Crippen molar-refractivity contribution < 1.29 is 5.11 Å². The van der Waals surface area contributed by atoms with Crippen LogP contribution < -0.4 is 5.32 Å². The summed E-state index contributed by atoms with van der Waals surface area (Å²) in [4.78, 5) is 0. The standard InChI is InChI=1S/C15H25NO/c1-3-4-7-10-16-11-14(12-17)15-9-6-5-8-13(15)2/h5-6,8-9,14,16-17H,3-4,7,10-12H2,1-2H3. The smallest absolute Gasteiger partial charge is 0.0512 e. The number of nitrogens with one attached hydrogen (secondary N) is 1. The van der Waals surface area contributed by atoms with E-state index in [9.17, 15) is 5.11 Å². The Morgan fingerprint density at radius 2 is 2.00 bits per heavy atom. The van der Waals surface area contributed by atoms with Gasteiger partial charge in [0.25, 0.3) is 0 Å². The van der Waals surface area contributed by atoms with Crippen LogP contribution in [0.25, 0.3) is 0 Å². The van der Waals surface area contributed by atoms with Gasteiger partial charge in [-0.2, -0.15) is 0 Å². The Balaban J connectivity index is 2.41. The first-order chi connectivity index (χ1) is 8.29. The Kier molecular flexibility index (Phi) is 6.90. The molecule has 0 saturated carbocycles. The fourth-order valence-electron chi connectivity index (χ4n) is 2.09. The largest absolute Gasteiger partial charge is 0.396 e. The molecule has 1 aromatic rings. The molecular formula is C15H25NO. The van der Waals surface area contributed by atoms with Gasteiger partial charge in [-0.15, -0.1) is 0 Å². The monoisotopic (exact) mass is 235 g/mol. The molecule has 0 spiro atoms. The molecule has 0 aliphatic heterocycles. The topological polar surface area (TPSA) is 32.3 Å². The molecule has 17 heavy (non-hydrogen) atoms. The van der Waals surface area contributed by atoms with Crippen molar-refractivity contribution in [2.24, 2.45) is 0 Å². The van der Waals surface area contributed by atoms with Crippen LogP contribution in [0.3, 0.4) is 0 Å². The molecule has 1 unspecified atom stereocenters. The van der Waals surface area contributed by atoms with E-state index in [0.717, 1.165) is 13.1 Å². The number of benzene rings is 1. The summed E-state index contributed by atoms with van der Waals surface area (Å²) in [6.45, 7) is 6.45. The molecule has 0 heterocycles. The van der Waals surface area contributed by atoms with E-state index in [4.69, 9.17) is 0 Å². The molecule has 0 aromatic heterocycles. The first kappa shape index (κ1) is 14.2. The minimum absolute atomic E-state index is 0.214. The van der Waals surface area contributed by atoms with Crippen LogP contribution in [0, 0.1) is 6.92 Å². The Hall–Kier alpha value is -0.860. The van der Waals surface area contributed by atoms with Crippen molar-refractivity contribution in [3.05, 3.63) is 35.4 Å². The second kappa shape index (κ2) is 8.26. The lowest BCUT2D eigenvalue weighted by Crippen LogP contribution is -2.25. The zero-order valence-corrected chi connectivity index (χ0v) is 11.1. The minimum Gasteiger partial charge on any atom is -0.396 e. The molecule has 0 amide bonds. The molecule has 1 atom stereocenters. The molecule has 1 rings (SSSR count). The average Bonchev–Trinajstić information content (AvgIpc) is 2.35. The van der Waals surface area contributed by atoms with Crippen molar-refractivity contribution in [1.82, 2.24) is 5.32 Å². The fraction of sp³-hybridized carbons (Fsp3) is 0.600. The predicted octanol–water partition coefficient (Wildman–Crippen LogP) is 2.85. The second-order valence-electron chi connectivity index (χ2n) is 4.65.